The maximum absolute atomic E-state index is 13.1. The number of phenolic OH excluding ortho intramolecular Hbond substituents is 1. The summed E-state index contributed by atoms with van der Waals surface area (Å²) < 4.78 is 125. The summed E-state index contributed by atoms with van der Waals surface area (Å²) in [7, 11) is 0. The number of nitrogens with two attached hydrogens (primary N) is 1. The molecule has 43 heteroatoms. The zero-order valence-electron chi connectivity index (χ0n) is 62.4. The fourth-order valence-corrected chi connectivity index (χ4v) is 13.6. The summed E-state index contributed by atoms with van der Waals surface area (Å²) in [4.78, 5) is 11.7. The molecule has 0 aliphatic carbocycles. The first-order valence-electron chi connectivity index (χ1n) is 33.5. The van der Waals surface area contributed by atoms with Crippen molar-refractivity contribution in [3.05, 3.63) is 172 Å². The molecular weight excluding hydrogens is 1970 g/mol. The van der Waals surface area contributed by atoms with Crippen molar-refractivity contribution in [1.82, 2.24) is 19.5 Å². The number of hydrogen-bond acceptors (Lipinski definition) is 22. The van der Waals surface area contributed by atoms with E-state index in [4.69, 9.17) is 245 Å². The Labute approximate surface area is 753 Å². The van der Waals surface area contributed by atoms with Crippen LogP contribution in [0, 0.1) is 18.4 Å². The number of rotatable bonds is 16. The second-order valence-corrected chi connectivity index (χ2v) is 33.3. The van der Waals surface area contributed by atoms with Gasteiger partial charge in [0.15, 0.2) is 40.4 Å². The molecule has 8 heterocycles. The molecule has 13 rings (SSSR count). The molecule has 0 bridgehead atoms. The maximum atomic E-state index is 13.1. The molecule has 0 amide bonds. The number of imidazole rings is 1. The number of halogens is 17. The topological polar surface area (TPSA) is 292 Å². The van der Waals surface area contributed by atoms with E-state index in [0.29, 0.717) is 127 Å². The number of pyridine rings is 1. The van der Waals surface area contributed by atoms with Crippen molar-refractivity contribution in [3.8, 4) is 51.7 Å². The third kappa shape index (κ3) is 30.0. The number of nitrogens with zero attached hydrogens (tertiary/aromatic N) is 7. The van der Waals surface area contributed by atoms with Gasteiger partial charge in [-0.2, -0.15) is 18.2 Å². The van der Waals surface area contributed by atoms with Gasteiger partial charge in [-0.3, -0.25) is 0 Å². The molecule has 5 aliphatic heterocycles. The summed E-state index contributed by atoms with van der Waals surface area (Å²) in [5.41, 5.74) is 5.79. The van der Waals surface area contributed by atoms with Crippen molar-refractivity contribution in [1.29, 1.82) is 5.26 Å². The van der Waals surface area contributed by atoms with Crippen LogP contribution in [0.15, 0.2) is 97.7 Å². The van der Waals surface area contributed by atoms with Crippen molar-refractivity contribution in [2.45, 2.75) is 135 Å². The van der Waals surface area contributed by atoms with Gasteiger partial charge in [-0.25, -0.2) is 9.83 Å². The third-order valence-electron chi connectivity index (χ3n) is 15.4. The molecule has 0 spiro atoms. The molecule has 0 radical (unpaired) electrons. The number of benzene rings is 5. The minimum absolute atomic E-state index is 0. The largest absolute Gasteiger partial charge is 1.00 e. The molecular formula is C73H72Br2Cl12CuF3N8O17. The number of fused-ring (bicyclic) bond motifs is 1. The van der Waals surface area contributed by atoms with Gasteiger partial charge in [0, 0.05) is 56.7 Å². The monoisotopic (exact) mass is 2030 g/mol. The van der Waals surface area contributed by atoms with Gasteiger partial charge in [0.1, 0.15) is 85.3 Å². The van der Waals surface area contributed by atoms with E-state index < -0.39 is 40.7 Å². The average Bonchev–Trinajstić information content (AvgIpc) is 1.62. The zero-order chi connectivity index (χ0) is 85.5. The Morgan fingerprint density at radius 2 is 0.931 bits per heavy atom. The summed E-state index contributed by atoms with van der Waals surface area (Å²) in [6, 6.07) is 16.1. The average molecular weight is 2040 g/mol. The Morgan fingerprint density at radius 1 is 0.543 bits per heavy atom. The van der Waals surface area contributed by atoms with Gasteiger partial charge in [-0.05, 0) is 144 Å². The van der Waals surface area contributed by atoms with Crippen LogP contribution >= 0.6 is 171 Å². The Balaban J connectivity index is 0.000000228. The predicted molar refractivity (Wildman–Crippen MR) is 438 cm³/mol. The summed E-state index contributed by atoms with van der Waals surface area (Å²) >= 11 is 78.1. The van der Waals surface area contributed by atoms with Gasteiger partial charge in [0.25, 0.3) is 5.89 Å². The van der Waals surface area contributed by atoms with E-state index in [1.807, 2.05) is 69.2 Å². The van der Waals surface area contributed by atoms with Crippen LogP contribution < -0.4 is 24.7 Å². The van der Waals surface area contributed by atoms with E-state index in [-0.39, 0.29) is 121 Å². The number of aromatic nitrogens is 4. The summed E-state index contributed by atoms with van der Waals surface area (Å²) in [5, 5.41) is 34.0. The first kappa shape index (κ1) is 100. The second kappa shape index (κ2) is 44.0. The van der Waals surface area contributed by atoms with Crippen LogP contribution in [0.5, 0.6) is 28.7 Å². The molecule has 5 atom stereocenters. The van der Waals surface area contributed by atoms with Gasteiger partial charge < -0.3 is 103 Å². The molecule has 5 aliphatic rings. The Morgan fingerprint density at radius 3 is 1.33 bits per heavy atom. The summed E-state index contributed by atoms with van der Waals surface area (Å²) in [5.74, 6) is -0.690. The Bertz CT molecular complexity index is 4730. The van der Waals surface area contributed by atoms with Crippen LogP contribution in [0.1, 0.15) is 80.4 Å². The molecule has 116 heavy (non-hydrogen) atoms. The minimum atomic E-state index is -4.57. The molecule has 8 aromatic rings. The zero-order valence-corrected chi connectivity index (χ0v) is 75.6. The van der Waals surface area contributed by atoms with Crippen LogP contribution in [0.25, 0.3) is 33.5 Å². The molecule has 5 saturated heterocycles. The number of oxime groups is 1. The first-order valence-corrected chi connectivity index (χ1v) is 39.8. The van der Waals surface area contributed by atoms with Crippen molar-refractivity contribution in [2.75, 3.05) is 65.3 Å². The van der Waals surface area contributed by atoms with E-state index in [9.17, 15) is 13.2 Å². The van der Waals surface area contributed by atoms with Gasteiger partial charge in [0.05, 0.1) is 112 Å². The van der Waals surface area contributed by atoms with Crippen LogP contribution in [0.4, 0.5) is 18.9 Å². The maximum Gasteiger partial charge on any atom is 1.00 e. The van der Waals surface area contributed by atoms with Gasteiger partial charge in [-0.1, -0.05) is 138 Å². The normalized spacial score (nSPS) is 19.7. The van der Waals surface area contributed by atoms with Gasteiger partial charge in [-0.15, -0.1) is 11.6 Å². The first-order chi connectivity index (χ1) is 53.7. The molecule has 3 aromatic heterocycles. The summed E-state index contributed by atoms with van der Waals surface area (Å²) in [6.07, 6.45) is -3.01. The van der Waals surface area contributed by atoms with Crippen LogP contribution in [-0.4, -0.2) is 160 Å². The molecule has 5 aromatic carbocycles. The van der Waals surface area contributed by atoms with E-state index >= 15 is 0 Å². The number of phenols is 1. The molecule has 25 nitrogen and oxygen atoms in total. The van der Waals surface area contributed by atoms with E-state index in [1.165, 1.54) is 48.7 Å². The molecule has 4 N–H and O–H groups in total. The van der Waals surface area contributed by atoms with E-state index in [0.717, 1.165) is 21.1 Å². The number of aromatic hydroxyl groups is 1. The number of hydrogen-bond donors (Lipinski definition) is 3. The SMILES string of the molecule is CC1(C)OC[C@@H](CCl)O1.CC1(C)OC[C@@H](COc2cc(Cl)c(-c3noc(-c4cn5cc(C(F)(F)F)cc(Cl)c5n4)n3)cc2Cl)O1.CC1(C)OC[C@@H](COc2cc(Cl)c(/C(N)=N/O)cc2Cl)O1.CC1(C)OC[C@@H](COc2cc(Cl)c(Br)cc2Cl)O1.Oc1cc(Cl)c(Br)cc1Cl.[C-]#N.[C-]#[N+]c1cc(Cl)c(OC[C@@H]2COC(C)(C)O2)cc1Cl.[Cu+]. The predicted octanol–water partition coefficient (Wildman–Crippen LogP) is 22.5. The van der Waals surface area contributed by atoms with Crippen molar-refractivity contribution >= 4 is 188 Å². The fourth-order valence-electron chi connectivity index (χ4n) is 10.2. The number of alkyl halides is 4. The molecule has 636 valence electrons. The van der Waals surface area contributed by atoms with Crippen LogP contribution in [-0.2, 0) is 70.6 Å². The smallest absolute Gasteiger partial charge is 0.512 e. The molecule has 0 saturated carbocycles. The van der Waals surface area contributed by atoms with E-state index in [1.54, 1.807) is 18.2 Å². The standard InChI is InChI=1S/C22H16Cl3F3N4O4.C13H16Cl2N2O4.C13H13Cl2NO3.C12H13BrCl2O3.C6H3BrCl2O.C6H11ClO2.CN.Cu/c1-21(2)34-9-11(35-21)8-33-17-5-13(23)12(4-14(17)24)18-30-20(36-31-18)16-7-32-6-10(22(26,27)28)3-15(25)19(32)29-16;1-13(2)20-6-7(21-13)5-19-11-4-9(14)8(3-10(11)15)12(16)17-18;1-13(2)18-7-8(19-13)6-17-12-5-9(14)11(16-3)4-10(12)15;1-12(2)17-6-7(18-12)5-16-11-4-9(14)8(13)3-10(11)15;7-3-1-5(9)6(10)2-4(3)8;1-6(2)8-4-5(3-7)9-6;1-2;/h3-7,11H,8-9H2,1-2H3;3-4,7,18H,5-6H2,1-2H3,(H2,16,17);4-5,8H,6-7H2,1-2H3;3-4,7H,5-6H2,1-2H3;1-2,10H;5H,3-4H2,1-2H3;;/q;;;;;;-1;+1/t11-;7-;8-;7-;;5-;;/m1111.1../s1. The number of ether oxygens (including phenoxy) is 14. The van der Waals surface area contributed by atoms with Crippen molar-refractivity contribution in [3.63, 3.8) is 0 Å². The third-order valence-corrected chi connectivity index (χ3v) is 20.9. The number of amidine groups is 1. The fraction of sp³-hybridized carbons (Fsp3) is 0.425. The van der Waals surface area contributed by atoms with E-state index in [2.05, 4.69) is 57.0 Å². The van der Waals surface area contributed by atoms with Crippen LogP contribution in [0.2, 0.25) is 55.2 Å². The Kier molecular flexibility index (Phi) is 38.1. The minimum Gasteiger partial charge on any atom is -0.512 e. The summed E-state index contributed by atoms with van der Waals surface area (Å²) in [6.45, 7) is 33.8. The van der Waals surface area contributed by atoms with Crippen molar-refractivity contribution in [2.24, 2.45) is 10.9 Å². The molecule has 0 unspecified atom stereocenters. The molecule has 5 fully saturated rings. The Hall–Kier alpha value is -4.47. The van der Waals surface area contributed by atoms with Gasteiger partial charge >= 0.3 is 23.2 Å². The van der Waals surface area contributed by atoms with Gasteiger partial charge in [0.2, 0.25) is 11.5 Å². The van der Waals surface area contributed by atoms with Crippen molar-refractivity contribution < 1.29 is 111 Å². The second-order valence-electron chi connectivity index (χ2n) is 26.8. The quantitative estimate of drug-likeness (QED) is 0.0118. The van der Waals surface area contributed by atoms with Crippen LogP contribution in [0.3, 0.4) is 0 Å².